The van der Waals surface area contributed by atoms with Crippen molar-refractivity contribution in [1.82, 2.24) is 4.98 Å². The van der Waals surface area contributed by atoms with Gasteiger partial charge in [-0.3, -0.25) is 4.72 Å². The van der Waals surface area contributed by atoms with Crippen LogP contribution in [0.4, 0.5) is 5.69 Å². The van der Waals surface area contributed by atoms with Crippen LogP contribution in [-0.2, 0) is 10.0 Å². The molecule has 0 spiro atoms. The van der Waals surface area contributed by atoms with E-state index in [0.717, 1.165) is 0 Å². The Kier molecular flexibility index (Phi) is 4.54. The number of rotatable bonds is 5. The molecule has 1 aromatic heterocycles. The maximum atomic E-state index is 12.3. The van der Waals surface area contributed by atoms with Gasteiger partial charge in [-0.1, -0.05) is 11.6 Å². The van der Waals surface area contributed by atoms with Crippen molar-refractivity contribution in [2.24, 2.45) is 0 Å². The van der Waals surface area contributed by atoms with E-state index >= 15 is 0 Å². The Bertz CT molecular complexity index is 732. The van der Waals surface area contributed by atoms with Crippen molar-refractivity contribution in [1.29, 1.82) is 0 Å². The van der Waals surface area contributed by atoms with E-state index in [-0.39, 0.29) is 16.5 Å². The topological polar surface area (TPSA) is 77.5 Å². The van der Waals surface area contributed by atoms with Crippen molar-refractivity contribution in [3.8, 4) is 11.8 Å². The zero-order valence-electron chi connectivity index (χ0n) is 11.3. The molecule has 8 heteroatoms. The third kappa shape index (κ3) is 3.56. The fraction of sp³-hybridized carbons (Fsp3) is 0.154. The molecule has 0 aliphatic carbocycles. The lowest BCUT2D eigenvalue weighted by Crippen LogP contribution is -2.14. The maximum absolute atomic E-state index is 12.3. The number of hydrogen-bond acceptors (Lipinski definition) is 5. The van der Waals surface area contributed by atoms with Crippen LogP contribution in [0.2, 0.25) is 5.02 Å². The summed E-state index contributed by atoms with van der Waals surface area (Å²) in [5, 5.41) is 0.456. The number of sulfonamides is 1. The summed E-state index contributed by atoms with van der Waals surface area (Å²) in [5.74, 6) is 0.438. The largest absolute Gasteiger partial charge is 0.481 e. The molecule has 0 unspecified atom stereocenters. The average Bonchev–Trinajstić information content (AvgIpc) is 2.47. The Hall–Kier alpha value is -1.99. The highest BCUT2D eigenvalue weighted by Gasteiger charge is 2.17. The molecule has 2 aromatic rings. The van der Waals surface area contributed by atoms with E-state index in [1.165, 1.54) is 50.6 Å². The fourth-order valence-corrected chi connectivity index (χ4v) is 2.77. The predicted octanol–water partition coefficient (Wildman–Crippen LogP) is 2.55. The van der Waals surface area contributed by atoms with Crippen molar-refractivity contribution in [3.63, 3.8) is 0 Å². The second-order valence-electron chi connectivity index (χ2n) is 3.97. The number of hydrogen-bond donors (Lipinski definition) is 1. The molecule has 0 saturated carbocycles. The summed E-state index contributed by atoms with van der Waals surface area (Å²) in [6.07, 6.45) is 0. The summed E-state index contributed by atoms with van der Waals surface area (Å²) in [6, 6.07) is 8.86. The summed E-state index contributed by atoms with van der Waals surface area (Å²) >= 11 is 5.74. The molecule has 0 amide bonds. The first kappa shape index (κ1) is 15.4. The highest BCUT2D eigenvalue weighted by atomic mass is 35.5. The van der Waals surface area contributed by atoms with E-state index in [2.05, 4.69) is 9.71 Å². The number of benzene rings is 1. The molecule has 0 aliphatic rings. The van der Waals surface area contributed by atoms with Crippen LogP contribution >= 0.6 is 11.6 Å². The first-order chi connectivity index (χ1) is 9.96. The standard InChI is InChI=1S/C13H13ClN2O4S/c1-19-12-8-7-11(13(15-12)20-2)16-21(17,18)10-5-3-9(14)4-6-10/h3-8,16H,1-2H3. The summed E-state index contributed by atoms with van der Waals surface area (Å²) in [5.41, 5.74) is 0.216. The van der Waals surface area contributed by atoms with Crippen LogP contribution in [-0.4, -0.2) is 27.6 Å². The minimum Gasteiger partial charge on any atom is -0.481 e. The molecule has 21 heavy (non-hydrogen) atoms. The van der Waals surface area contributed by atoms with Gasteiger partial charge in [-0.05, 0) is 30.3 Å². The lowest BCUT2D eigenvalue weighted by molar-refractivity contribution is 0.366. The Balaban J connectivity index is 2.34. The maximum Gasteiger partial charge on any atom is 0.262 e. The molecule has 1 aromatic carbocycles. The van der Waals surface area contributed by atoms with Crippen LogP contribution in [0.5, 0.6) is 11.8 Å². The molecule has 0 aliphatic heterocycles. The average molecular weight is 329 g/mol. The molecule has 1 heterocycles. The lowest BCUT2D eigenvalue weighted by Gasteiger charge is -2.12. The fourth-order valence-electron chi connectivity index (χ4n) is 1.59. The second kappa shape index (κ2) is 6.19. The number of halogens is 1. The monoisotopic (exact) mass is 328 g/mol. The third-order valence-corrected chi connectivity index (χ3v) is 4.24. The molecule has 1 N–H and O–H groups in total. The minimum absolute atomic E-state index is 0.0878. The number of pyridine rings is 1. The van der Waals surface area contributed by atoms with Crippen molar-refractivity contribution in [2.45, 2.75) is 4.90 Å². The summed E-state index contributed by atoms with van der Waals surface area (Å²) < 4.78 is 37.0. The molecule has 0 fully saturated rings. The Labute approximate surface area is 127 Å². The molecule has 0 radical (unpaired) electrons. The number of methoxy groups -OCH3 is 2. The van der Waals surface area contributed by atoms with E-state index in [4.69, 9.17) is 21.1 Å². The summed E-state index contributed by atoms with van der Waals surface area (Å²) in [7, 11) is -0.903. The van der Waals surface area contributed by atoms with Gasteiger partial charge in [0.1, 0.15) is 5.69 Å². The van der Waals surface area contributed by atoms with Crippen LogP contribution in [0.3, 0.4) is 0 Å². The van der Waals surface area contributed by atoms with Crippen LogP contribution in [0.1, 0.15) is 0 Å². The Morgan fingerprint density at radius 2 is 1.71 bits per heavy atom. The summed E-state index contributed by atoms with van der Waals surface area (Å²) in [4.78, 5) is 4.10. The van der Waals surface area contributed by atoms with Gasteiger partial charge in [0.2, 0.25) is 11.8 Å². The number of anilines is 1. The smallest absolute Gasteiger partial charge is 0.262 e. The molecular formula is C13H13ClN2O4S. The molecule has 0 saturated heterocycles. The zero-order chi connectivity index (χ0) is 15.5. The lowest BCUT2D eigenvalue weighted by atomic mass is 10.4. The van der Waals surface area contributed by atoms with Gasteiger partial charge < -0.3 is 9.47 Å². The highest BCUT2D eigenvalue weighted by molar-refractivity contribution is 7.92. The second-order valence-corrected chi connectivity index (χ2v) is 6.09. The number of nitrogens with one attached hydrogen (secondary N) is 1. The van der Waals surface area contributed by atoms with Gasteiger partial charge in [-0.25, -0.2) is 8.42 Å². The predicted molar refractivity (Wildman–Crippen MR) is 79.6 cm³/mol. The summed E-state index contributed by atoms with van der Waals surface area (Å²) in [6.45, 7) is 0. The first-order valence-corrected chi connectivity index (χ1v) is 7.70. The van der Waals surface area contributed by atoms with Gasteiger partial charge in [-0.2, -0.15) is 4.98 Å². The van der Waals surface area contributed by atoms with Crippen LogP contribution in [0, 0.1) is 0 Å². The van der Waals surface area contributed by atoms with Crippen molar-refractivity contribution < 1.29 is 17.9 Å². The molecule has 6 nitrogen and oxygen atoms in total. The molecule has 112 valence electrons. The van der Waals surface area contributed by atoms with E-state index in [9.17, 15) is 8.42 Å². The molecule has 0 atom stereocenters. The van der Waals surface area contributed by atoms with Crippen molar-refractivity contribution in [3.05, 3.63) is 41.4 Å². The van der Waals surface area contributed by atoms with E-state index in [0.29, 0.717) is 10.9 Å². The van der Waals surface area contributed by atoms with Gasteiger partial charge in [0.05, 0.1) is 19.1 Å². The number of ether oxygens (including phenoxy) is 2. The minimum atomic E-state index is -3.75. The van der Waals surface area contributed by atoms with Gasteiger partial charge in [0, 0.05) is 11.1 Å². The SMILES string of the molecule is COc1ccc(NS(=O)(=O)c2ccc(Cl)cc2)c(OC)n1. The van der Waals surface area contributed by atoms with Crippen LogP contribution < -0.4 is 14.2 Å². The number of nitrogens with zero attached hydrogens (tertiary/aromatic N) is 1. The van der Waals surface area contributed by atoms with Crippen LogP contribution in [0.15, 0.2) is 41.3 Å². The molecular weight excluding hydrogens is 316 g/mol. The molecule has 0 bridgehead atoms. The van der Waals surface area contributed by atoms with Crippen molar-refractivity contribution >= 4 is 27.3 Å². The Morgan fingerprint density at radius 1 is 1.05 bits per heavy atom. The highest BCUT2D eigenvalue weighted by Crippen LogP contribution is 2.27. The van der Waals surface area contributed by atoms with E-state index in [1.54, 1.807) is 0 Å². The van der Waals surface area contributed by atoms with Gasteiger partial charge in [0.15, 0.2) is 0 Å². The van der Waals surface area contributed by atoms with E-state index in [1.807, 2.05) is 0 Å². The van der Waals surface area contributed by atoms with Gasteiger partial charge in [0.25, 0.3) is 10.0 Å². The van der Waals surface area contributed by atoms with Gasteiger partial charge >= 0.3 is 0 Å². The first-order valence-electron chi connectivity index (χ1n) is 5.83. The zero-order valence-corrected chi connectivity index (χ0v) is 12.9. The normalized spacial score (nSPS) is 11.0. The van der Waals surface area contributed by atoms with Crippen LogP contribution in [0.25, 0.3) is 0 Å². The molecule has 2 rings (SSSR count). The number of aromatic nitrogens is 1. The quantitative estimate of drug-likeness (QED) is 0.912. The Morgan fingerprint density at radius 3 is 2.29 bits per heavy atom. The third-order valence-electron chi connectivity index (χ3n) is 2.61. The van der Waals surface area contributed by atoms with E-state index < -0.39 is 10.0 Å². The van der Waals surface area contributed by atoms with Crippen molar-refractivity contribution in [2.75, 3.05) is 18.9 Å². The van der Waals surface area contributed by atoms with Gasteiger partial charge in [-0.15, -0.1) is 0 Å².